The Labute approximate surface area is 214 Å². The van der Waals surface area contributed by atoms with E-state index in [0.29, 0.717) is 5.88 Å². The summed E-state index contributed by atoms with van der Waals surface area (Å²) in [7, 11) is 6.04. The summed E-state index contributed by atoms with van der Waals surface area (Å²) in [5.41, 5.74) is 5.98. The van der Waals surface area contributed by atoms with E-state index >= 15 is 0 Å². The summed E-state index contributed by atoms with van der Waals surface area (Å²) < 4.78 is 5.96. The van der Waals surface area contributed by atoms with Crippen LogP contribution in [0.15, 0.2) is 97.1 Å². The van der Waals surface area contributed by atoms with Crippen molar-refractivity contribution >= 4 is 21.7 Å². The molecule has 0 aliphatic carbocycles. The zero-order valence-electron chi connectivity index (χ0n) is 21.6. The topological polar surface area (TPSA) is 25.4 Å². The van der Waals surface area contributed by atoms with Crippen molar-refractivity contribution < 1.29 is 4.74 Å². The molecule has 0 bridgehead atoms. The lowest BCUT2D eigenvalue weighted by molar-refractivity contribution is 0.363. The molecule has 0 aliphatic heterocycles. The van der Waals surface area contributed by atoms with Crippen molar-refractivity contribution in [3.05, 3.63) is 119 Å². The van der Waals surface area contributed by atoms with Gasteiger partial charge in [0.05, 0.1) is 12.6 Å². The van der Waals surface area contributed by atoms with Gasteiger partial charge in [0, 0.05) is 16.9 Å². The van der Waals surface area contributed by atoms with Gasteiger partial charge in [-0.05, 0) is 80.0 Å². The first kappa shape index (κ1) is 24.0. The van der Waals surface area contributed by atoms with Gasteiger partial charge in [0.2, 0.25) is 5.88 Å². The first-order valence-electron chi connectivity index (χ1n) is 12.7. The standard InChI is InChI=1S/C33H34N2O/c1-23-17-18-31-26(21-23)22-30(33(34-31)36-4)32(25-12-6-5-7-13-25)29(19-20-35(2)3)28-16-10-14-24-11-8-9-15-27(24)28/h5-18,21-22,29,32H,19-20H2,1-4H3. The molecular formula is C33H34N2O. The number of fused-ring (bicyclic) bond motifs is 2. The highest BCUT2D eigenvalue weighted by Crippen LogP contribution is 2.46. The molecule has 3 heteroatoms. The predicted molar refractivity (Wildman–Crippen MR) is 151 cm³/mol. The number of pyridine rings is 1. The fourth-order valence-corrected chi connectivity index (χ4v) is 5.44. The van der Waals surface area contributed by atoms with Gasteiger partial charge in [-0.25, -0.2) is 4.98 Å². The molecule has 5 rings (SSSR count). The summed E-state index contributed by atoms with van der Waals surface area (Å²) in [4.78, 5) is 7.26. The summed E-state index contributed by atoms with van der Waals surface area (Å²) in [6.07, 6.45) is 1.01. The number of aryl methyl sites for hydroxylation is 1. The Morgan fingerprint density at radius 3 is 2.31 bits per heavy atom. The molecule has 0 fully saturated rings. The molecule has 0 aliphatic rings. The number of hydrogen-bond donors (Lipinski definition) is 0. The summed E-state index contributed by atoms with van der Waals surface area (Å²) in [5, 5.41) is 3.74. The third-order valence-electron chi connectivity index (χ3n) is 7.16. The molecule has 1 aromatic heterocycles. The molecule has 0 radical (unpaired) electrons. The lowest BCUT2D eigenvalue weighted by atomic mass is 9.74. The van der Waals surface area contributed by atoms with Crippen LogP contribution >= 0.6 is 0 Å². The molecule has 182 valence electrons. The molecule has 2 atom stereocenters. The highest BCUT2D eigenvalue weighted by Gasteiger charge is 2.31. The van der Waals surface area contributed by atoms with E-state index in [0.717, 1.165) is 29.4 Å². The zero-order valence-corrected chi connectivity index (χ0v) is 21.6. The molecular weight excluding hydrogens is 440 g/mol. The van der Waals surface area contributed by atoms with Crippen molar-refractivity contribution in [2.75, 3.05) is 27.7 Å². The number of ether oxygens (including phenoxy) is 1. The van der Waals surface area contributed by atoms with Crippen molar-refractivity contribution in [1.82, 2.24) is 9.88 Å². The Morgan fingerprint density at radius 2 is 1.53 bits per heavy atom. The van der Waals surface area contributed by atoms with E-state index in [1.807, 2.05) is 0 Å². The van der Waals surface area contributed by atoms with Gasteiger partial charge in [-0.15, -0.1) is 0 Å². The maximum Gasteiger partial charge on any atom is 0.217 e. The Kier molecular flexibility index (Phi) is 7.02. The van der Waals surface area contributed by atoms with Gasteiger partial charge < -0.3 is 9.64 Å². The maximum atomic E-state index is 5.96. The Morgan fingerprint density at radius 1 is 0.778 bits per heavy atom. The monoisotopic (exact) mass is 474 g/mol. The van der Waals surface area contributed by atoms with Gasteiger partial charge in [0.25, 0.3) is 0 Å². The molecule has 0 saturated carbocycles. The average Bonchev–Trinajstić information content (AvgIpc) is 2.90. The van der Waals surface area contributed by atoms with E-state index in [1.54, 1.807) is 7.11 Å². The van der Waals surface area contributed by atoms with Gasteiger partial charge >= 0.3 is 0 Å². The van der Waals surface area contributed by atoms with Crippen LogP contribution < -0.4 is 4.74 Å². The van der Waals surface area contributed by atoms with Gasteiger partial charge in [0.1, 0.15) is 0 Å². The van der Waals surface area contributed by atoms with Crippen molar-refractivity contribution in [3.63, 3.8) is 0 Å². The van der Waals surface area contributed by atoms with Crippen LogP contribution in [0.2, 0.25) is 0 Å². The largest absolute Gasteiger partial charge is 0.481 e. The summed E-state index contributed by atoms with van der Waals surface area (Å²) in [6.45, 7) is 3.12. The first-order valence-corrected chi connectivity index (χ1v) is 12.7. The molecule has 1 heterocycles. The SMILES string of the molecule is COc1nc2ccc(C)cc2cc1C(c1ccccc1)C(CCN(C)C)c1cccc2ccccc12. The Balaban J connectivity index is 1.78. The van der Waals surface area contributed by atoms with Crippen molar-refractivity contribution in [2.24, 2.45) is 0 Å². The minimum absolute atomic E-state index is 0.0873. The summed E-state index contributed by atoms with van der Waals surface area (Å²) in [6, 6.07) is 35.0. The predicted octanol–water partition coefficient (Wildman–Crippen LogP) is 7.57. The minimum atomic E-state index is 0.0873. The van der Waals surface area contributed by atoms with Gasteiger partial charge in [-0.1, -0.05) is 84.4 Å². The van der Waals surface area contributed by atoms with Crippen LogP contribution in [-0.4, -0.2) is 37.6 Å². The van der Waals surface area contributed by atoms with Crippen molar-refractivity contribution in [1.29, 1.82) is 0 Å². The quantitative estimate of drug-likeness (QED) is 0.232. The molecule has 2 unspecified atom stereocenters. The maximum absolute atomic E-state index is 5.96. The second kappa shape index (κ2) is 10.5. The van der Waals surface area contributed by atoms with Crippen LogP contribution in [-0.2, 0) is 0 Å². The third kappa shape index (κ3) is 4.84. The molecule has 3 nitrogen and oxygen atoms in total. The molecule has 4 aromatic carbocycles. The number of benzene rings is 4. The fourth-order valence-electron chi connectivity index (χ4n) is 5.44. The van der Waals surface area contributed by atoms with E-state index in [9.17, 15) is 0 Å². The smallest absolute Gasteiger partial charge is 0.217 e. The minimum Gasteiger partial charge on any atom is -0.481 e. The highest BCUT2D eigenvalue weighted by molar-refractivity contribution is 5.86. The second-order valence-electron chi connectivity index (χ2n) is 9.94. The van der Waals surface area contributed by atoms with E-state index in [-0.39, 0.29) is 11.8 Å². The first-order chi connectivity index (χ1) is 17.5. The molecule has 0 amide bonds. The summed E-state index contributed by atoms with van der Waals surface area (Å²) >= 11 is 0. The lowest BCUT2D eigenvalue weighted by Gasteiger charge is -2.31. The van der Waals surface area contributed by atoms with E-state index in [1.165, 1.54) is 27.5 Å². The molecule has 0 saturated heterocycles. The third-order valence-corrected chi connectivity index (χ3v) is 7.16. The van der Waals surface area contributed by atoms with Gasteiger partial charge in [-0.2, -0.15) is 0 Å². The van der Waals surface area contributed by atoms with Crippen LogP contribution in [0.1, 0.15) is 40.5 Å². The number of methoxy groups -OCH3 is 1. The normalized spacial score (nSPS) is 13.2. The van der Waals surface area contributed by atoms with Crippen molar-refractivity contribution in [2.45, 2.75) is 25.2 Å². The number of rotatable bonds is 8. The van der Waals surface area contributed by atoms with E-state index in [4.69, 9.17) is 9.72 Å². The second-order valence-corrected chi connectivity index (χ2v) is 9.94. The number of aromatic nitrogens is 1. The number of hydrogen-bond acceptors (Lipinski definition) is 3. The van der Waals surface area contributed by atoms with Crippen LogP contribution in [0.4, 0.5) is 0 Å². The fraction of sp³-hybridized carbons (Fsp3) is 0.242. The van der Waals surface area contributed by atoms with Gasteiger partial charge in [-0.3, -0.25) is 0 Å². The van der Waals surface area contributed by atoms with Crippen molar-refractivity contribution in [3.8, 4) is 5.88 Å². The van der Waals surface area contributed by atoms with Crippen LogP contribution in [0.3, 0.4) is 0 Å². The molecule has 0 spiro atoms. The Bertz CT molecular complexity index is 1470. The zero-order chi connectivity index (χ0) is 25.1. The van der Waals surface area contributed by atoms with E-state index < -0.39 is 0 Å². The molecule has 0 N–H and O–H groups in total. The lowest BCUT2D eigenvalue weighted by Crippen LogP contribution is -2.21. The van der Waals surface area contributed by atoms with Crippen LogP contribution in [0.25, 0.3) is 21.7 Å². The van der Waals surface area contributed by atoms with Crippen LogP contribution in [0, 0.1) is 6.92 Å². The number of nitrogens with zero attached hydrogens (tertiary/aromatic N) is 2. The highest BCUT2D eigenvalue weighted by atomic mass is 16.5. The van der Waals surface area contributed by atoms with E-state index in [2.05, 4.69) is 123 Å². The molecule has 5 aromatic rings. The summed E-state index contributed by atoms with van der Waals surface area (Å²) in [5.74, 6) is 1.03. The molecule has 36 heavy (non-hydrogen) atoms. The van der Waals surface area contributed by atoms with Crippen LogP contribution in [0.5, 0.6) is 5.88 Å². The Hall–Kier alpha value is -3.69. The average molecular weight is 475 g/mol. The van der Waals surface area contributed by atoms with Gasteiger partial charge in [0.15, 0.2) is 0 Å².